The van der Waals surface area contributed by atoms with Crippen LogP contribution in [-0.4, -0.2) is 60.4 Å². The lowest BCUT2D eigenvalue weighted by molar-refractivity contribution is -0.141. The highest BCUT2D eigenvalue weighted by molar-refractivity contribution is 5.91. The molecule has 2 aliphatic heterocycles. The molecular formula is C12H19N3O2. The van der Waals surface area contributed by atoms with Crippen molar-refractivity contribution in [1.82, 2.24) is 15.1 Å². The minimum atomic E-state index is -0.265. The molecule has 2 rings (SSSR count). The van der Waals surface area contributed by atoms with Gasteiger partial charge in [0, 0.05) is 39.1 Å². The third-order valence-electron chi connectivity index (χ3n) is 3.37. The van der Waals surface area contributed by atoms with Crippen molar-refractivity contribution in [2.75, 3.05) is 32.7 Å². The number of amides is 2. The monoisotopic (exact) mass is 237 g/mol. The fourth-order valence-corrected chi connectivity index (χ4v) is 2.45. The molecule has 0 saturated carbocycles. The zero-order chi connectivity index (χ0) is 12.3. The van der Waals surface area contributed by atoms with Crippen molar-refractivity contribution >= 4 is 11.8 Å². The van der Waals surface area contributed by atoms with Crippen LogP contribution >= 0.6 is 0 Å². The predicted octanol–water partition coefficient (Wildman–Crippen LogP) is -0.405. The second kappa shape index (κ2) is 5.31. The molecule has 5 heteroatoms. The van der Waals surface area contributed by atoms with Gasteiger partial charge in [-0.2, -0.15) is 0 Å². The van der Waals surface area contributed by atoms with Crippen molar-refractivity contribution < 1.29 is 9.59 Å². The summed E-state index contributed by atoms with van der Waals surface area (Å²) in [4.78, 5) is 27.5. The molecule has 1 N–H and O–H groups in total. The molecule has 5 nitrogen and oxygen atoms in total. The van der Waals surface area contributed by atoms with Gasteiger partial charge in [-0.25, -0.2) is 0 Å². The third kappa shape index (κ3) is 2.49. The number of hydrogen-bond donors (Lipinski definition) is 1. The standard InChI is InChI=1S/C12H19N3O2/c1-2-7-15-10(3-4-11(15)16)12(17)14-8-5-13-6-9-14/h2,10,13H,1,3-9H2. The van der Waals surface area contributed by atoms with Gasteiger partial charge in [-0.15, -0.1) is 6.58 Å². The average Bonchev–Trinajstić information content (AvgIpc) is 2.72. The summed E-state index contributed by atoms with van der Waals surface area (Å²) in [6.07, 6.45) is 2.81. The molecule has 0 aromatic heterocycles. The number of piperazine rings is 1. The van der Waals surface area contributed by atoms with E-state index in [1.54, 1.807) is 11.0 Å². The fourth-order valence-electron chi connectivity index (χ4n) is 2.45. The van der Waals surface area contributed by atoms with Gasteiger partial charge >= 0.3 is 0 Å². The van der Waals surface area contributed by atoms with E-state index in [0.717, 1.165) is 26.2 Å². The normalized spacial score (nSPS) is 25.2. The summed E-state index contributed by atoms with van der Waals surface area (Å²) in [5.41, 5.74) is 0. The van der Waals surface area contributed by atoms with Gasteiger partial charge in [0.2, 0.25) is 11.8 Å². The Morgan fingerprint density at radius 3 is 2.82 bits per heavy atom. The summed E-state index contributed by atoms with van der Waals surface area (Å²) in [5.74, 6) is 0.164. The Labute approximate surface area is 101 Å². The molecule has 0 spiro atoms. The zero-order valence-corrected chi connectivity index (χ0v) is 10.0. The number of carbonyl (C=O) groups is 2. The number of nitrogens with zero attached hydrogens (tertiary/aromatic N) is 2. The first-order chi connectivity index (χ1) is 8.24. The zero-order valence-electron chi connectivity index (χ0n) is 10.0. The second-order valence-corrected chi connectivity index (χ2v) is 4.46. The van der Waals surface area contributed by atoms with Crippen molar-refractivity contribution in [2.45, 2.75) is 18.9 Å². The van der Waals surface area contributed by atoms with Crippen LogP contribution in [0.3, 0.4) is 0 Å². The van der Waals surface area contributed by atoms with Gasteiger partial charge in [0.05, 0.1) is 0 Å². The molecule has 0 aromatic rings. The summed E-state index contributed by atoms with van der Waals surface area (Å²) in [5, 5.41) is 3.21. The van der Waals surface area contributed by atoms with E-state index in [9.17, 15) is 9.59 Å². The minimum Gasteiger partial charge on any atom is -0.338 e. The van der Waals surface area contributed by atoms with Gasteiger partial charge < -0.3 is 15.1 Å². The van der Waals surface area contributed by atoms with Crippen LogP contribution in [-0.2, 0) is 9.59 Å². The maximum Gasteiger partial charge on any atom is 0.245 e. The molecule has 0 radical (unpaired) electrons. The topological polar surface area (TPSA) is 52.7 Å². The molecule has 2 saturated heterocycles. The minimum absolute atomic E-state index is 0.0679. The lowest BCUT2D eigenvalue weighted by Gasteiger charge is -2.32. The Bertz CT molecular complexity index is 324. The van der Waals surface area contributed by atoms with Crippen LogP contribution in [0.25, 0.3) is 0 Å². The molecule has 2 aliphatic rings. The smallest absolute Gasteiger partial charge is 0.245 e. The predicted molar refractivity (Wildman–Crippen MR) is 64.4 cm³/mol. The molecule has 2 amide bonds. The molecule has 0 aromatic carbocycles. The second-order valence-electron chi connectivity index (χ2n) is 4.46. The van der Waals surface area contributed by atoms with Crippen LogP contribution in [0.5, 0.6) is 0 Å². The maximum atomic E-state index is 12.3. The number of nitrogens with one attached hydrogen (secondary N) is 1. The van der Waals surface area contributed by atoms with Crippen LogP contribution in [0.15, 0.2) is 12.7 Å². The lowest BCUT2D eigenvalue weighted by atomic mass is 10.1. The maximum absolute atomic E-state index is 12.3. The van der Waals surface area contributed by atoms with Gasteiger partial charge in [-0.1, -0.05) is 6.08 Å². The van der Waals surface area contributed by atoms with Crippen LogP contribution in [0.2, 0.25) is 0 Å². The summed E-state index contributed by atoms with van der Waals surface area (Å²) in [7, 11) is 0. The summed E-state index contributed by atoms with van der Waals surface area (Å²) >= 11 is 0. The molecule has 2 fully saturated rings. The highest BCUT2D eigenvalue weighted by Gasteiger charge is 2.37. The number of carbonyl (C=O) groups excluding carboxylic acids is 2. The van der Waals surface area contributed by atoms with Crippen molar-refractivity contribution in [3.63, 3.8) is 0 Å². The number of rotatable bonds is 3. The van der Waals surface area contributed by atoms with E-state index in [2.05, 4.69) is 11.9 Å². The Morgan fingerprint density at radius 1 is 1.47 bits per heavy atom. The Balaban J connectivity index is 2.02. The van der Waals surface area contributed by atoms with Crippen LogP contribution in [0.1, 0.15) is 12.8 Å². The third-order valence-corrected chi connectivity index (χ3v) is 3.37. The van der Waals surface area contributed by atoms with E-state index in [0.29, 0.717) is 19.4 Å². The van der Waals surface area contributed by atoms with Gasteiger partial charge in [0.25, 0.3) is 0 Å². The molecule has 94 valence electrons. The van der Waals surface area contributed by atoms with Crippen LogP contribution in [0.4, 0.5) is 0 Å². The Hall–Kier alpha value is -1.36. The Kier molecular flexibility index (Phi) is 3.78. The highest BCUT2D eigenvalue weighted by atomic mass is 16.2. The largest absolute Gasteiger partial charge is 0.338 e. The van der Waals surface area contributed by atoms with E-state index < -0.39 is 0 Å². The first-order valence-corrected chi connectivity index (χ1v) is 6.14. The van der Waals surface area contributed by atoms with Crippen molar-refractivity contribution in [3.8, 4) is 0 Å². The van der Waals surface area contributed by atoms with Gasteiger partial charge in [-0.05, 0) is 6.42 Å². The first kappa shape index (κ1) is 12.1. The van der Waals surface area contributed by atoms with Crippen LogP contribution in [0, 0.1) is 0 Å². The molecule has 1 atom stereocenters. The molecule has 0 aliphatic carbocycles. The first-order valence-electron chi connectivity index (χ1n) is 6.14. The Morgan fingerprint density at radius 2 is 2.18 bits per heavy atom. The lowest BCUT2D eigenvalue weighted by Crippen LogP contribution is -2.53. The SMILES string of the molecule is C=CCN1C(=O)CCC1C(=O)N1CCNCC1. The van der Waals surface area contributed by atoms with Gasteiger partial charge in [0.1, 0.15) is 6.04 Å². The fraction of sp³-hybridized carbons (Fsp3) is 0.667. The highest BCUT2D eigenvalue weighted by Crippen LogP contribution is 2.20. The average molecular weight is 237 g/mol. The molecular weight excluding hydrogens is 218 g/mol. The molecule has 0 bridgehead atoms. The van der Waals surface area contributed by atoms with Crippen molar-refractivity contribution in [1.29, 1.82) is 0 Å². The molecule has 17 heavy (non-hydrogen) atoms. The van der Waals surface area contributed by atoms with Gasteiger partial charge in [-0.3, -0.25) is 9.59 Å². The van der Waals surface area contributed by atoms with E-state index >= 15 is 0 Å². The molecule has 2 heterocycles. The van der Waals surface area contributed by atoms with Crippen LogP contribution < -0.4 is 5.32 Å². The van der Waals surface area contributed by atoms with Crippen molar-refractivity contribution in [3.05, 3.63) is 12.7 Å². The number of likely N-dealkylation sites (tertiary alicyclic amines) is 1. The quantitative estimate of drug-likeness (QED) is 0.679. The van der Waals surface area contributed by atoms with Crippen molar-refractivity contribution in [2.24, 2.45) is 0 Å². The van der Waals surface area contributed by atoms with E-state index in [-0.39, 0.29) is 17.9 Å². The van der Waals surface area contributed by atoms with E-state index in [4.69, 9.17) is 0 Å². The summed E-state index contributed by atoms with van der Waals surface area (Å²) in [6.45, 7) is 7.27. The number of hydrogen-bond acceptors (Lipinski definition) is 3. The molecule has 1 unspecified atom stereocenters. The summed E-state index contributed by atoms with van der Waals surface area (Å²) in [6, 6.07) is -0.265. The summed E-state index contributed by atoms with van der Waals surface area (Å²) < 4.78 is 0. The van der Waals surface area contributed by atoms with E-state index in [1.165, 1.54) is 0 Å². The van der Waals surface area contributed by atoms with E-state index in [1.807, 2.05) is 4.90 Å². The van der Waals surface area contributed by atoms with Gasteiger partial charge in [0.15, 0.2) is 0 Å².